The van der Waals surface area contributed by atoms with Crippen LogP contribution in [0.3, 0.4) is 0 Å². The molecule has 0 radical (unpaired) electrons. The minimum atomic E-state index is -0.600. The topological polar surface area (TPSA) is 53.0 Å². The van der Waals surface area contributed by atoms with Crippen LogP contribution in [-0.4, -0.2) is 45.6 Å². The molecule has 166 valence electrons. The van der Waals surface area contributed by atoms with E-state index in [1.807, 2.05) is 29.2 Å². The van der Waals surface area contributed by atoms with Gasteiger partial charge in [-0.2, -0.15) is 0 Å². The van der Waals surface area contributed by atoms with Crippen molar-refractivity contribution in [1.82, 2.24) is 9.80 Å². The maximum Gasteiger partial charge on any atom is 0.275 e. The molecule has 1 saturated carbocycles. The molecular formula is C26H28ClN3O2. The Morgan fingerprint density at radius 2 is 1.75 bits per heavy atom. The fraction of sp³-hybridized carbons (Fsp3) is 0.423. The average molecular weight is 450 g/mol. The van der Waals surface area contributed by atoms with Gasteiger partial charge in [0.2, 0.25) is 5.91 Å². The maximum atomic E-state index is 13.6. The zero-order valence-electron chi connectivity index (χ0n) is 18.4. The molecule has 2 heterocycles. The van der Waals surface area contributed by atoms with Gasteiger partial charge in [0.05, 0.1) is 0 Å². The monoisotopic (exact) mass is 449 g/mol. The Morgan fingerprint density at radius 3 is 2.47 bits per heavy atom. The molecule has 1 fully saturated rings. The molecule has 2 aliphatic heterocycles. The van der Waals surface area contributed by atoms with Crippen LogP contribution >= 0.6 is 11.6 Å². The van der Waals surface area contributed by atoms with Gasteiger partial charge in [0.15, 0.2) is 0 Å². The lowest BCUT2D eigenvalue weighted by Crippen LogP contribution is -2.54. The second-order valence-electron chi connectivity index (χ2n) is 9.25. The number of rotatable bonds is 3. The van der Waals surface area contributed by atoms with Crippen LogP contribution in [0.25, 0.3) is 0 Å². The first-order valence-electron chi connectivity index (χ1n) is 11.5. The number of fused-ring (bicyclic) bond motifs is 1. The number of carbonyl (C=O) groups excluding carboxylic acids is 2. The summed E-state index contributed by atoms with van der Waals surface area (Å²) in [5, 5.41) is 0.624. The highest BCUT2D eigenvalue weighted by molar-refractivity contribution is 6.47. The van der Waals surface area contributed by atoms with Crippen LogP contribution in [0.5, 0.6) is 0 Å². The van der Waals surface area contributed by atoms with Crippen LogP contribution in [0, 0.1) is 0 Å². The minimum absolute atomic E-state index is 0.00198. The molecule has 32 heavy (non-hydrogen) atoms. The first-order chi connectivity index (χ1) is 15.5. The predicted octanol–water partition coefficient (Wildman–Crippen LogP) is 4.61. The molecule has 1 atom stereocenters. The van der Waals surface area contributed by atoms with Crippen LogP contribution < -0.4 is 0 Å². The molecule has 5 nitrogen and oxygen atoms in total. The number of nitrogens with zero attached hydrogens (tertiary/aromatic N) is 3. The molecule has 2 aromatic carbocycles. The van der Waals surface area contributed by atoms with Gasteiger partial charge >= 0.3 is 0 Å². The third kappa shape index (κ3) is 3.73. The summed E-state index contributed by atoms with van der Waals surface area (Å²) in [4.78, 5) is 35.7. The highest BCUT2D eigenvalue weighted by atomic mass is 35.5. The molecule has 0 N–H and O–H groups in total. The van der Waals surface area contributed by atoms with Crippen LogP contribution in [-0.2, 0) is 22.6 Å². The van der Waals surface area contributed by atoms with Crippen molar-refractivity contribution >= 4 is 29.1 Å². The molecule has 1 aliphatic carbocycles. The van der Waals surface area contributed by atoms with E-state index in [0.29, 0.717) is 17.3 Å². The lowest BCUT2D eigenvalue weighted by Gasteiger charge is -2.41. The fourth-order valence-corrected chi connectivity index (χ4v) is 5.51. The Labute approximate surface area is 194 Å². The largest absolute Gasteiger partial charge is 0.334 e. The Balaban J connectivity index is 1.41. The second kappa shape index (κ2) is 8.36. The summed E-state index contributed by atoms with van der Waals surface area (Å²) in [6, 6.07) is 15.6. The quantitative estimate of drug-likeness (QED) is 0.687. The molecule has 1 spiro atoms. The fourth-order valence-electron chi connectivity index (χ4n) is 5.39. The van der Waals surface area contributed by atoms with Gasteiger partial charge in [0, 0.05) is 23.2 Å². The van der Waals surface area contributed by atoms with Crippen molar-refractivity contribution in [3.8, 4) is 0 Å². The number of benzene rings is 2. The first kappa shape index (κ1) is 21.2. The molecule has 0 bridgehead atoms. The van der Waals surface area contributed by atoms with Crippen molar-refractivity contribution in [3.63, 3.8) is 0 Å². The third-order valence-electron chi connectivity index (χ3n) is 7.16. The van der Waals surface area contributed by atoms with Gasteiger partial charge in [-0.15, -0.1) is 0 Å². The first-order valence-corrected chi connectivity index (χ1v) is 11.9. The zero-order chi connectivity index (χ0) is 22.3. The summed E-state index contributed by atoms with van der Waals surface area (Å²) in [5.74, 6) is -0.148. The van der Waals surface area contributed by atoms with E-state index < -0.39 is 5.66 Å². The summed E-state index contributed by atoms with van der Waals surface area (Å²) < 4.78 is 0. The lowest BCUT2D eigenvalue weighted by molar-refractivity contribution is -0.143. The highest BCUT2D eigenvalue weighted by Crippen LogP contribution is 2.40. The van der Waals surface area contributed by atoms with Crippen molar-refractivity contribution in [1.29, 1.82) is 0 Å². The molecule has 5 rings (SSSR count). The van der Waals surface area contributed by atoms with Gasteiger partial charge in [0.1, 0.15) is 17.9 Å². The summed E-state index contributed by atoms with van der Waals surface area (Å²) in [6.07, 6.45) is 5.63. The number of hydrogen-bond acceptors (Lipinski definition) is 3. The van der Waals surface area contributed by atoms with E-state index in [0.717, 1.165) is 44.1 Å². The predicted molar refractivity (Wildman–Crippen MR) is 126 cm³/mol. The highest BCUT2D eigenvalue weighted by Gasteiger charge is 2.48. The smallest absolute Gasteiger partial charge is 0.275 e. The van der Waals surface area contributed by atoms with Crippen LogP contribution in [0.1, 0.15) is 55.7 Å². The Hall–Kier alpha value is -2.66. The van der Waals surface area contributed by atoms with Crippen molar-refractivity contribution < 1.29 is 9.59 Å². The van der Waals surface area contributed by atoms with Crippen molar-refractivity contribution in [2.75, 3.05) is 6.54 Å². The molecule has 6 heteroatoms. The molecule has 1 unspecified atom stereocenters. The van der Waals surface area contributed by atoms with Crippen LogP contribution in [0.2, 0.25) is 5.02 Å². The third-order valence-corrected chi connectivity index (χ3v) is 7.41. The van der Waals surface area contributed by atoms with Crippen LogP contribution in [0.15, 0.2) is 53.5 Å². The molecule has 2 amide bonds. The van der Waals surface area contributed by atoms with E-state index in [-0.39, 0.29) is 24.4 Å². The van der Waals surface area contributed by atoms with E-state index in [2.05, 4.69) is 19.1 Å². The van der Waals surface area contributed by atoms with E-state index in [4.69, 9.17) is 16.6 Å². The molecule has 0 saturated heterocycles. The van der Waals surface area contributed by atoms with E-state index in [9.17, 15) is 9.59 Å². The van der Waals surface area contributed by atoms with E-state index in [1.54, 1.807) is 17.0 Å². The average Bonchev–Trinajstić information content (AvgIpc) is 3.05. The SMILES string of the molecule is CC1Cc2ccccc2CN1C(=O)CN1C(=O)C(c2ccc(Cl)cc2)=NC12CCCCC2. The summed E-state index contributed by atoms with van der Waals surface area (Å²) in [6.45, 7) is 2.76. The van der Waals surface area contributed by atoms with Gasteiger partial charge in [-0.3, -0.25) is 14.6 Å². The lowest BCUT2D eigenvalue weighted by atomic mass is 9.88. The maximum absolute atomic E-state index is 13.6. The Bertz CT molecular complexity index is 1070. The van der Waals surface area contributed by atoms with Crippen molar-refractivity contribution in [3.05, 3.63) is 70.2 Å². The summed E-state index contributed by atoms with van der Waals surface area (Å²) >= 11 is 6.04. The zero-order valence-corrected chi connectivity index (χ0v) is 19.1. The van der Waals surface area contributed by atoms with Gasteiger partial charge in [-0.05, 0) is 62.3 Å². The Morgan fingerprint density at radius 1 is 1.06 bits per heavy atom. The van der Waals surface area contributed by atoms with Crippen molar-refractivity contribution in [2.45, 2.75) is 63.7 Å². The standard InChI is InChI=1S/C26H28ClN3O2/c1-18-15-20-7-3-4-8-21(20)16-29(18)23(31)17-30-25(32)24(19-9-11-22(27)12-10-19)28-26(30)13-5-2-6-14-26/h3-4,7-12,18H,2,5-6,13-17H2,1H3. The number of halogens is 1. The molecule has 3 aliphatic rings. The minimum Gasteiger partial charge on any atom is -0.334 e. The van der Waals surface area contributed by atoms with E-state index >= 15 is 0 Å². The van der Waals surface area contributed by atoms with Gasteiger partial charge < -0.3 is 9.80 Å². The number of hydrogen-bond donors (Lipinski definition) is 0. The number of amides is 2. The second-order valence-corrected chi connectivity index (χ2v) is 9.68. The van der Waals surface area contributed by atoms with Gasteiger partial charge in [-0.1, -0.05) is 54.4 Å². The van der Waals surface area contributed by atoms with Gasteiger partial charge in [0.25, 0.3) is 5.91 Å². The number of aliphatic imine (C=N–C) groups is 1. The van der Waals surface area contributed by atoms with Crippen molar-refractivity contribution in [2.24, 2.45) is 4.99 Å². The molecule has 2 aromatic rings. The van der Waals surface area contributed by atoms with Crippen LogP contribution in [0.4, 0.5) is 0 Å². The molecular weight excluding hydrogens is 422 g/mol. The normalized spacial score (nSPS) is 22.1. The van der Waals surface area contributed by atoms with Gasteiger partial charge in [-0.25, -0.2) is 0 Å². The summed E-state index contributed by atoms with van der Waals surface area (Å²) in [7, 11) is 0. The summed E-state index contributed by atoms with van der Waals surface area (Å²) in [5.41, 5.74) is 3.11. The van der Waals surface area contributed by atoms with E-state index in [1.165, 1.54) is 11.1 Å². The Kier molecular flexibility index (Phi) is 5.54. The number of carbonyl (C=O) groups is 2. The molecule has 0 aromatic heterocycles.